The molecule has 0 atom stereocenters. The standard InChI is InChI=1S/C6H9N3/c7-3-1-5-2-4-9-6(5)8/h1-4,9H,7-8H2/b3-1-. The van der Waals surface area contributed by atoms with Gasteiger partial charge in [-0.3, -0.25) is 0 Å². The number of hydrogen-bond acceptors (Lipinski definition) is 2. The summed E-state index contributed by atoms with van der Waals surface area (Å²) < 4.78 is 0. The molecule has 5 N–H and O–H groups in total. The molecule has 0 unspecified atom stereocenters. The van der Waals surface area contributed by atoms with E-state index in [0.717, 1.165) is 5.56 Å². The lowest BCUT2D eigenvalue weighted by atomic mass is 10.3. The summed E-state index contributed by atoms with van der Waals surface area (Å²) in [6.45, 7) is 0. The van der Waals surface area contributed by atoms with E-state index in [4.69, 9.17) is 11.5 Å². The number of anilines is 1. The Bertz CT molecular complexity index is 212. The molecule has 0 amide bonds. The first-order chi connectivity index (χ1) is 4.34. The first-order valence-electron chi connectivity index (χ1n) is 2.65. The monoisotopic (exact) mass is 123 g/mol. The maximum absolute atomic E-state index is 5.46. The molecule has 3 nitrogen and oxygen atoms in total. The molecule has 0 saturated heterocycles. The number of nitrogens with two attached hydrogens (primary N) is 2. The van der Waals surface area contributed by atoms with Crippen LogP contribution in [0.4, 0.5) is 5.82 Å². The second kappa shape index (κ2) is 2.26. The zero-order valence-corrected chi connectivity index (χ0v) is 4.96. The third-order valence-corrected chi connectivity index (χ3v) is 1.09. The molecule has 0 spiro atoms. The van der Waals surface area contributed by atoms with Crippen molar-refractivity contribution in [2.24, 2.45) is 5.73 Å². The number of aromatic nitrogens is 1. The predicted molar refractivity (Wildman–Crippen MR) is 38.4 cm³/mol. The molecular weight excluding hydrogens is 114 g/mol. The Morgan fingerprint density at radius 3 is 2.78 bits per heavy atom. The van der Waals surface area contributed by atoms with Gasteiger partial charge in [-0.1, -0.05) is 0 Å². The summed E-state index contributed by atoms with van der Waals surface area (Å²) in [5, 5.41) is 0. The van der Waals surface area contributed by atoms with E-state index in [1.807, 2.05) is 6.07 Å². The molecule has 0 bridgehead atoms. The van der Waals surface area contributed by atoms with Crippen molar-refractivity contribution in [3.05, 3.63) is 24.0 Å². The summed E-state index contributed by atoms with van der Waals surface area (Å²) in [5.41, 5.74) is 11.5. The van der Waals surface area contributed by atoms with Gasteiger partial charge in [0.25, 0.3) is 0 Å². The number of aromatic amines is 1. The Labute approximate surface area is 53.4 Å². The largest absolute Gasteiger partial charge is 0.405 e. The number of nitrogens with one attached hydrogen (secondary N) is 1. The highest BCUT2D eigenvalue weighted by molar-refractivity contribution is 5.60. The number of H-pyrrole nitrogens is 1. The molecule has 0 aliphatic heterocycles. The van der Waals surface area contributed by atoms with E-state index >= 15 is 0 Å². The average molecular weight is 123 g/mol. The normalized spacial score (nSPS) is 10.7. The van der Waals surface area contributed by atoms with Gasteiger partial charge in [0, 0.05) is 11.8 Å². The van der Waals surface area contributed by atoms with Crippen molar-refractivity contribution >= 4 is 11.9 Å². The van der Waals surface area contributed by atoms with E-state index in [9.17, 15) is 0 Å². The Hall–Kier alpha value is -1.38. The lowest BCUT2D eigenvalue weighted by Crippen LogP contribution is -1.86. The van der Waals surface area contributed by atoms with Gasteiger partial charge in [0.15, 0.2) is 0 Å². The highest BCUT2D eigenvalue weighted by atomic mass is 14.8. The van der Waals surface area contributed by atoms with Gasteiger partial charge in [-0.25, -0.2) is 0 Å². The van der Waals surface area contributed by atoms with E-state index in [1.54, 1.807) is 12.3 Å². The van der Waals surface area contributed by atoms with E-state index in [0.29, 0.717) is 5.82 Å². The van der Waals surface area contributed by atoms with Crippen molar-refractivity contribution in [1.29, 1.82) is 0 Å². The summed E-state index contributed by atoms with van der Waals surface area (Å²) in [5.74, 6) is 0.650. The van der Waals surface area contributed by atoms with Gasteiger partial charge in [0.2, 0.25) is 0 Å². The Kier molecular flexibility index (Phi) is 1.44. The van der Waals surface area contributed by atoms with Crippen LogP contribution in [0.25, 0.3) is 6.08 Å². The molecule has 1 aromatic heterocycles. The van der Waals surface area contributed by atoms with Crippen molar-refractivity contribution < 1.29 is 0 Å². The number of rotatable bonds is 1. The Balaban J connectivity index is 2.94. The molecule has 9 heavy (non-hydrogen) atoms. The van der Waals surface area contributed by atoms with E-state index in [1.165, 1.54) is 6.20 Å². The van der Waals surface area contributed by atoms with Gasteiger partial charge in [0.05, 0.1) is 0 Å². The van der Waals surface area contributed by atoms with Crippen molar-refractivity contribution in [1.82, 2.24) is 4.98 Å². The molecule has 48 valence electrons. The quantitative estimate of drug-likeness (QED) is 0.509. The molecular formula is C6H9N3. The van der Waals surface area contributed by atoms with Gasteiger partial charge in [-0.15, -0.1) is 0 Å². The smallest absolute Gasteiger partial charge is 0.108 e. The van der Waals surface area contributed by atoms with Crippen LogP contribution in [0.5, 0.6) is 0 Å². The summed E-state index contributed by atoms with van der Waals surface area (Å²) in [6.07, 6.45) is 4.97. The highest BCUT2D eigenvalue weighted by Gasteiger charge is 1.90. The van der Waals surface area contributed by atoms with Crippen LogP contribution in [0.2, 0.25) is 0 Å². The van der Waals surface area contributed by atoms with Gasteiger partial charge in [0.1, 0.15) is 5.82 Å². The molecule has 3 heteroatoms. The number of hydrogen-bond donors (Lipinski definition) is 3. The molecule has 1 rings (SSSR count). The molecule has 0 aromatic carbocycles. The first-order valence-corrected chi connectivity index (χ1v) is 2.65. The van der Waals surface area contributed by atoms with Gasteiger partial charge >= 0.3 is 0 Å². The molecule has 0 radical (unpaired) electrons. The van der Waals surface area contributed by atoms with Crippen molar-refractivity contribution in [2.75, 3.05) is 5.73 Å². The third-order valence-electron chi connectivity index (χ3n) is 1.09. The van der Waals surface area contributed by atoms with Gasteiger partial charge in [-0.05, 0) is 18.3 Å². The summed E-state index contributed by atoms with van der Waals surface area (Å²) in [4.78, 5) is 2.82. The topological polar surface area (TPSA) is 67.8 Å². The lowest BCUT2D eigenvalue weighted by molar-refractivity contribution is 1.41. The fraction of sp³-hybridized carbons (Fsp3) is 0. The number of nitrogen functional groups attached to an aromatic ring is 1. The van der Waals surface area contributed by atoms with Crippen LogP contribution in [0.15, 0.2) is 18.5 Å². The van der Waals surface area contributed by atoms with Gasteiger partial charge < -0.3 is 16.5 Å². The van der Waals surface area contributed by atoms with Crippen molar-refractivity contribution in [3.63, 3.8) is 0 Å². The van der Waals surface area contributed by atoms with Crippen LogP contribution in [0.3, 0.4) is 0 Å². The van der Waals surface area contributed by atoms with Crippen LogP contribution in [0.1, 0.15) is 5.56 Å². The fourth-order valence-corrected chi connectivity index (χ4v) is 0.643. The fourth-order valence-electron chi connectivity index (χ4n) is 0.643. The molecule has 0 fully saturated rings. The maximum Gasteiger partial charge on any atom is 0.108 e. The first kappa shape index (κ1) is 5.75. The summed E-state index contributed by atoms with van der Waals surface area (Å²) in [6, 6.07) is 1.86. The van der Waals surface area contributed by atoms with Crippen LogP contribution >= 0.6 is 0 Å². The predicted octanol–water partition coefficient (Wildman–Crippen LogP) is 0.526. The van der Waals surface area contributed by atoms with Crippen LogP contribution in [-0.4, -0.2) is 4.98 Å². The van der Waals surface area contributed by atoms with E-state index in [-0.39, 0.29) is 0 Å². The Morgan fingerprint density at radius 2 is 2.33 bits per heavy atom. The van der Waals surface area contributed by atoms with Gasteiger partial charge in [-0.2, -0.15) is 0 Å². The van der Waals surface area contributed by atoms with Crippen LogP contribution in [0, 0.1) is 0 Å². The minimum absolute atomic E-state index is 0.650. The zero-order valence-electron chi connectivity index (χ0n) is 4.96. The summed E-state index contributed by atoms with van der Waals surface area (Å²) in [7, 11) is 0. The maximum atomic E-state index is 5.46. The molecule has 0 aliphatic carbocycles. The summed E-state index contributed by atoms with van der Waals surface area (Å²) >= 11 is 0. The second-order valence-corrected chi connectivity index (χ2v) is 1.71. The van der Waals surface area contributed by atoms with Crippen molar-refractivity contribution in [2.45, 2.75) is 0 Å². The minimum atomic E-state index is 0.650. The molecule has 1 heterocycles. The minimum Gasteiger partial charge on any atom is -0.405 e. The highest BCUT2D eigenvalue weighted by Crippen LogP contribution is 2.08. The zero-order chi connectivity index (χ0) is 6.69. The SMILES string of the molecule is N/C=C\c1cc[nH]c1N. The van der Waals surface area contributed by atoms with Crippen LogP contribution in [-0.2, 0) is 0 Å². The lowest BCUT2D eigenvalue weighted by Gasteiger charge is -1.86. The van der Waals surface area contributed by atoms with Crippen molar-refractivity contribution in [3.8, 4) is 0 Å². The van der Waals surface area contributed by atoms with Crippen LogP contribution < -0.4 is 11.5 Å². The molecule has 1 aromatic rings. The second-order valence-electron chi connectivity index (χ2n) is 1.71. The Morgan fingerprint density at radius 1 is 1.56 bits per heavy atom. The third kappa shape index (κ3) is 1.05. The van der Waals surface area contributed by atoms with E-state index in [2.05, 4.69) is 4.98 Å². The average Bonchev–Trinajstić information content (AvgIpc) is 2.18. The molecule has 0 aliphatic rings. The van der Waals surface area contributed by atoms with E-state index < -0.39 is 0 Å². The molecule has 0 saturated carbocycles.